The Kier molecular flexibility index (Phi) is 10.6. The summed E-state index contributed by atoms with van der Waals surface area (Å²) in [6, 6.07) is 13.8. The quantitative estimate of drug-likeness (QED) is 0.106. The first-order valence-electron chi connectivity index (χ1n) is 14.5. The van der Waals surface area contributed by atoms with Crippen molar-refractivity contribution >= 4 is 73.4 Å². The number of nitrogen functional groups attached to an aromatic ring is 2. The molecule has 15 heteroatoms. The minimum Gasteiger partial charge on any atom is -0.506 e. The fraction of sp³-hybridized carbons (Fsp3) is 0.250. The van der Waals surface area contributed by atoms with E-state index in [2.05, 4.69) is 21.5 Å². The van der Waals surface area contributed by atoms with E-state index < -0.39 is 18.0 Å². The number of halogens is 2. The Hall–Kier alpha value is -4.74. The number of rotatable bonds is 8. The van der Waals surface area contributed by atoms with Crippen LogP contribution in [0.5, 0.6) is 5.75 Å². The van der Waals surface area contributed by atoms with Crippen LogP contribution in [0.4, 0.5) is 15.6 Å². The van der Waals surface area contributed by atoms with Gasteiger partial charge in [0.25, 0.3) is 0 Å². The van der Waals surface area contributed by atoms with Gasteiger partial charge in [0, 0.05) is 32.6 Å². The number of terminal acetylenes is 1. The van der Waals surface area contributed by atoms with E-state index in [1.54, 1.807) is 35.2 Å². The Morgan fingerprint density at radius 2 is 1.91 bits per heavy atom. The third-order valence-corrected chi connectivity index (χ3v) is 9.14. The van der Waals surface area contributed by atoms with Gasteiger partial charge in [-0.25, -0.2) is 19.8 Å². The number of para-hydroxylation sites is 1. The number of benzene rings is 3. The van der Waals surface area contributed by atoms with E-state index in [9.17, 15) is 19.5 Å². The molecule has 0 spiro atoms. The standard InChI is InChI=1S/C32H32Cl2N8O4S/c1-2-10-42(32(46)37-16-20-6-8-22(33)23(34)13-20)41-12-11-40(17-21-4-3-5-27-29(21)39-31(36)47-27)30(45)25(38-28(44)18-41)15-19-7-9-26(43)24(35)14-19/h1,3-9,13-14,25,43H,10-12,15-18,35H2,(H2,36,39)(H,37,46)(H,38,44)/t25-/m0/s1. The van der Waals surface area contributed by atoms with Gasteiger partial charge in [-0.15, -0.1) is 6.42 Å². The number of nitrogens with zero attached hydrogens (tertiary/aromatic N) is 4. The molecule has 0 bridgehead atoms. The number of thiazole rings is 1. The van der Waals surface area contributed by atoms with Crippen molar-refractivity contribution in [1.29, 1.82) is 0 Å². The number of hydrogen-bond donors (Lipinski definition) is 5. The molecule has 1 saturated heterocycles. The van der Waals surface area contributed by atoms with Crippen LogP contribution in [-0.2, 0) is 29.1 Å². The van der Waals surface area contributed by atoms with E-state index in [1.807, 2.05) is 18.2 Å². The highest BCUT2D eigenvalue weighted by molar-refractivity contribution is 7.22. The maximum atomic E-state index is 14.2. The van der Waals surface area contributed by atoms with E-state index in [0.717, 1.165) is 10.3 Å². The maximum absolute atomic E-state index is 14.2. The number of phenols is 1. The molecular weight excluding hydrogens is 663 g/mol. The monoisotopic (exact) mass is 694 g/mol. The van der Waals surface area contributed by atoms with Crippen LogP contribution < -0.4 is 22.1 Å². The van der Waals surface area contributed by atoms with Crippen molar-refractivity contribution in [3.05, 3.63) is 81.3 Å². The van der Waals surface area contributed by atoms with Crippen LogP contribution >= 0.6 is 34.5 Å². The number of hydrazine groups is 1. The zero-order chi connectivity index (χ0) is 33.7. The van der Waals surface area contributed by atoms with Gasteiger partial charge in [-0.2, -0.15) is 0 Å². The van der Waals surface area contributed by atoms with Crippen LogP contribution in [0.3, 0.4) is 0 Å². The molecule has 4 aromatic rings. The molecule has 4 amide bonds. The van der Waals surface area contributed by atoms with Gasteiger partial charge in [-0.3, -0.25) is 9.59 Å². The second-order valence-electron chi connectivity index (χ2n) is 10.9. The van der Waals surface area contributed by atoms with Crippen molar-refractivity contribution in [2.24, 2.45) is 0 Å². The van der Waals surface area contributed by atoms with E-state index in [0.29, 0.717) is 31.8 Å². The molecule has 0 unspecified atom stereocenters. The average Bonchev–Trinajstić information content (AvgIpc) is 3.45. The van der Waals surface area contributed by atoms with Gasteiger partial charge in [0.1, 0.15) is 11.8 Å². The topological polar surface area (TPSA) is 170 Å². The summed E-state index contributed by atoms with van der Waals surface area (Å²) >= 11 is 13.5. The number of aromatic nitrogens is 1. The lowest BCUT2D eigenvalue weighted by molar-refractivity contribution is -0.136. The molecule has 0 aliphatic carbocycles. The van der Waals surface area contributed by atoms with Crippen LogP contribution in [0, 0.1) is 12.3 Å². The van der Waals surface area contributed by atoms with E-state index >= 15 is 0 Å². The third-order valence-electron chi connectivity index (χ3n) is 7.56. The molecule has 1 aromatic heterocycles. The third kappa shape index (κ3) is 8.16. The molecule has 1 fully saturated rings. The summed E-state index contributed by atoms with van der Waals surface area (Å²) in [5.41, 5.74) is 14.9. The van der Waals surface area contributed by atoms with Crippen molar-refractivity contribution in [2.45, 2.75) is 25.6 Å². The zero-order valence-corrected chi connectivity index (χ0v) is 27.4. The fourth-order valence-electron chi connectivity index (χ4n) is 5.24. The Labute approximate surface area is 285 Å². The minimum atomic E-state index is -0.976. The first-order chi connectivity index (χ1) is 22.5. The number of nitrogens with two attached hydrogens (primary N) is 2. The molecule has 12 nitrogen and oxygen atoms in total. The summed E-state index contributed by atoms with van der Waals surface area (Å²) in [5.74, 6) is 1.55. The first kappa shape index (κ1) is 33.6. The number of urea groups is 1. The first-order valence-corrected chi connectivity index (χ1v) is 16.1. The molecule has 1 aliphatic heterocycles. The van der Waals surface area contributed by atoms with Gasteiger partial charge in [0.05, 0.1) is 39.0 Å². The number of hydrogen-bond acceptors (Lipinski definition) is 9. The van der Waals surface area contributed by atoms with Gasteiger partial charge in [-0.1, -0.05) is 64.7 Å². The second kappa shape index (κ2) is 14.8. The number of fused-ring (bicyclic) bond motifs is 1. The van der Waals surface area contributed by atoms with Crippen molar-refractivity contribution in [2.75, 3.05) is 37.6 Å². The highest BCUT2D eigenvalue weighted by Gasteiger charge is 2.32. The number of phenolic OH excluding ortho intramolecular Hbond substituents is 1. The Morgan fingerprint density at radius 1 is 1.13 bits per heavy atom. The summed E-state index contributed by atoms with van der Waals surface area (Å²) in [6.07, 6.45) is 5.76. The molecule has 0 saturated carbocycles. The number of anilines is 2. The maximum Gasteiger partial charge on any atom is 0.333 e. The van der Waals surface area contributed by atoms with Crippen molar-refractivity contribution < 1.29 is 19.5 Å². The number of carbonyl (C=O) groups is 3. The van der Waals surface area contributed by atoms with Gasteiger partial charge >= 0.3 is 6.03 Å². The molecule has 2 heterocycles. The molecule has 47 heavy (non-hydrogen) atoms. The van der Waals surface area contributed by atoms with E-state index in [1.165, 1.54) is 27.4 Å². The van der Waals surface area contributed by atoms with Crippen LogP contribution in [0.2, 0.25) is 10.0 Å². The molecule has 5 rings (SSSR count). The lowest BCUT2D eigenvalue weighted by Gasteiger charge is -2.34. The number of nitrogens with one attached hydrogen (secondary N) is 2. The zero-order valence-electron chi connectivity index (χ0n) is 25.1. The predicted molar refractivity (Wildman–Crippen MR) is 183 cm³/mol. The van der Waals surface area contributed by atoms with Gasteiger partial charge in [0.15, 0.2) is 5.13 Å². The molecule has 1 atom stereocenters. The highest BCUT2D eigenvalue weighted by atomic mass is 35.5. The average molecular weight is 696 g/mol. The SMILES string of the molecule is C#CCN(C(=O)NCc1ccc(Cl)c(Cl)c1)N1CCN(Cc2cccc3sc(N)nc23)C(=O)[C@H](Cc2ccc(O)c(N)c2)NC(=O)C1. The fourth-order valence-corrected chi connectivity index (χ4v) is 6.35. The Morgan fingerprint density at radius 3 is 2.66 bits per heavy atom. The lowest BCUT2D eigenvalue weighted by Crippen LogP contribution is -2.55. The summed E-state index contributed by atoms with van der Waals surface area (Å²) < 4.78 is 0.876. The van der Waals surface area contributed by atoms with Crippen LogP contribution in [0.15, 0.2) is 54.6 Å². The van der Waals surface area contributed by atoms with Crippen LogP contribution in [0.25, 0.3) is 10.2 Å². The summed E-state index contributed by atoms with van der Waals surface area (Å²) in [6.45, 7) is 0.141. The predicted octanol–water partition coefficient (Wildman–Crippen LogP) is 3.60. The Bertz CT molecular complexity index is 1860. The highest BCUT2D eigenvalue weighted by Crippen LogP contribution is 2.28. The molecule has 244 valence electrons. The van der Waals surface area contributed by atoms with E-state index in [-0.39, 0.29) is 63.0 Å². The summed E-state index contributed by atoms with van der Waals surface area (Å²) in [5, 5.41) is 19.5. The number of aromatic hydroxyl groups is 1. The molecule has 1 aliphatic rings. The van der Waals surface area contributed by atoms with E-state index in [4.69, 9.17) is 41.1 Å². The molecule has 0 radical (unpaired) electrons. The van der Waals surface area contributed by atoms with Gasteiger partial charge < -0.3 is 32.1 Å². The Balaban J connectivity index is 1.42. The normalized spacial score (nSPS) is 15.8. The van der Waals surface area contributed by atoms with Crippen molar-refractivity contribution in [1.82, 2.24) is 30.5 Å². The van der Waals surface area contributed by atoms with Crippen LogP contribution in [-0.4, -0.2) is 75.1 Å². The van der Waals surface area contributed by atoms with Crippen molar-refractivity contribution in [3.8, 4) is 18.1 Å². The summed E-state index contributed by atoms with van der Waals surface area (Å²) in [4.78, 5) is 47.1. The van der Waals surface area contributed by atoms with Gasteiger partial charge in [-0.05, 0) is 47.0 Å². The largest absolute Gasteiger partial charge is 0.506 e. The summed E-state index contributed by atoms with van der Waals surface area (Å²) in [7, 11) is 0. The molecule has 3 aromatic carbocycles. The van der Waals surface area contributed by atoms with Gasteiger partial charge in [0.2, 0.25) is 11.8 Å². The smallest absolute Gasteiger partial charge is 0.333 e. The molecular formula is C32H32Cl2N8O4S. The lowest BCUT2D eigenvalue weighted by atomic mass is 10.0. The second-order valence-corrected chi connectivity index (χ2v) is 12.7. The number of carbonyl (C=O) groups excluding carboxylic acids is 3. The minimum absolute atomic E-state index is 0.0856. The molecule has 7 N–H and O–H groups in total. The van der Waals surface area contributed by atoms with Crippen LogP contribution in [0.1, 0.15) is 16.7 Å². The number of amides is 4. The van der Waals surface area contributed by atoms with Crippen molar-refractivity contribution in [3.63, 3.8) is 0 Å².